The average Bonchev–Trinajstić information content (AvgIpc) is 3.43. The van der Waals surface area contributed by atoms with Crippen molar-refractivity contribution < 1.29 is 14.0 Å². The minimum absolute atomic E-state index is 0.0759. The lowest BCUT2D eigenvalue weighted by Gasteiger charge is -2.37. The van der Waals surface area contributed by atoms with Crippen LogP contribution in [-0.2, 0) is 9.59 Å². The van der Waals surface area contributed by atoms with Crippen LogP contribution >= 0.6 is 0 Å². The molecule has 1 aliphatic carbocycles. The van der Waals surface area contributed by atoms with Crippen LogP contribution in [-0.4, -0.2) is 75.0 Å². The van der Waals surface area contributed by atoms with Crippen LogP contribution in [0.4, 0.5) is 10.1 Å². The number of hydrogen-bond donors (Lipinski definition) is 1. The van der Waals surface area contributed by atoms with Crippen LogP contribution in [0.15, 0.2) is 24.3 Å². The Bertz CT molecular complexity index is 667. The van der Waals surface area contributed by atoms with Crippen LogP contribution in [0.2, 0.25) is 0 Å². The molecule has 142 valence electrons. The monoisotopic (exact) mass is 362 g/mol. The van der Waals surface area contributed by atoms with E-state index in [0.29, 0.717) is 51.3 Å². The van der Waals surface area contributed by atoms with Gasteiger partial charge in [0.05, 0.1) is 5.69 Å². The molecule has 0 spiro atoms. The molecule has 7 heteroatoms. The average molecular weight is 362 g/mol. The summed E-state index contributed by atoms with van der Waals surface area (Å²) < 4.78 is 13.9. The second-order valence-corrected chi connectivity index (χ2v) is 7.37. The summed E-state index contributed by atoms with van der Waals surface area (Å²) in [6, 6.07) is 6.69. The Morgan fingerprint density at radius 1 is 1.15 bits per heavy atom. The zero-order valence-corrected chi connectivity index (χ0v) is 15.5. The quantitative estimate of drug-likeness (QED) is 0.765. The predicted octanol–water partition coefficient (Wildman–Crippen LogP) is 0.932. The highest BCUT2D eigenvalue weighted by Crippen LogP contribution is 2.47. The number of nitrogens with one attached hydrogen (secondary N) is 1. The lowest BCUT2D eigenvalue weighted by Crippen LogP contribution is -2.53. The first-order chi connectivity index (χ1) is 12.4. The molecule has 2 fully saturated rings. The third-order valence-electron chi connectivity index (χ3n) is 5.20. The van der Waals surface area contributed by atoms with Gasteiger partial charge in [-0.15, -0.1) is 0 Å². The Morgan fingerprint density at radius 2 is 1.81 bits per heavy atom. The Kier molecular flexibility index (Phi) is 5.46. The summed E-state index contributed by atoms with van der Waals surface area (Å²) >= 11 is 0. The maximum Gasteiger partial charge on any atom is 0.238 e. The van der Waals surface area contributed by atoms with E-state index in [1.165, 1.54) is 6.07 Å². The largest absolute Gasteiger partial charge is 0.366 e. The van der Waals surface area contributed by atoms with E-state index in [-0.39, 0.29) is 17.6 Å². The van der Waals surface area contributed by atoms with Crippen LogP contribution in [0.5, 0.6) is 0 Å². The third-order valence-corrected chi connectivity index (χ3v) is 5.20. The predicted molar refractivity (Wildman–Crippen MR) is 98.4 cm³/mol. The third kappa shape index (κ3) is 3.82. The van der Waals surface area contributed by atoms with Gasteiger partial charge in [-0.05, 0) is 39.1 Å². The Hall–Kier alpha value is -2.15. The molecular formula is C19H27FN4O2. The van der Waals surface area contributed by atoms with E-state index in [4.69, 9.17) is 0 Å². The number of benzene rings is 1. The first kappa shape index (κ1) is 18.6. The van der Waals surface area contributed by atoms with Gasteiger partial charge in [-0.3, -0.25) is 9.59 Å². The smallest absolute Gasteiger partial charge is 0.238 e. The summed E-state index contributed by atoms with van der Waals surface area (Å²) in [6.07, 6.45) is 1.24. The molecule has 2 aliphatic rings. The summed E-state index contributed by atoms with van der Waals surface area (Å²) in [7, 11) is 3.89. The Labute approximate surface area is 153 Å². The summed E-state index contributed by atoms with van der Waals surface area (Å²) in [6.45, 7) is 3.47. The van der Waals surface area contributed by atoms with E-state index in [2.05, 4.69) is 5.32 Å². The molecule has 1 aromatic carbocycles. The highest BCUT2D eigenvalue weighted by molar-refractivity contribution is 6.07. The molecule has 1 aromatic rings. The van der Waals surface area contributed by atoms with Crippen molar-refractivity contribution in [1.29, 1.82) is 0 Å². The minimum Gasteiger partial charge on any atom is -0.366 e. The number of likely N-dealkylation sites (N-methyl/N-ethyl adjacent to an activating group) is 1. The zero-order chi connectivity index (χ0) is 18.7. The van der Waals surface area contributed by atoms with Gasteiger partial charge in [-0.1, -0.05) is 12.1 Å². The van der Waals surface area contributed by atoms with Crippen molar-refractivity contribution in [3.05, 3.63) is 30.1 Å². The van der Waals surface area contributed by atoms with Crippen LogP contribution in [0.3, 0.4) is 0 Å². The van der Waals surface area contributed by atoms with Crippen LogP contribution in [0.25, 0.3) is 0 Å². The zero-order valence-electron chi connectivity index (χ0n) is 15.5. The molecule has 0 bridgehead atoms. The van der Waals surface area contributed by atoms with Gasteiger partial charge < -0.3 is 20.0 Å². The standard InChI is InChI=1S/C19H27FN4O2/c1-22(2)10-9-21-17(25)19(7-8-19)18(26)24-13-11-23(12-14-24)16-6-4-3-5-15(16)20/h3-6H,7-14H2,1-2H3,(H,21,25). The van der Waals surface area contributed by atoms with E-state index >= 15 is 0 Å². The van der Waals surface area contributed by atoms with Crippen LogP contribution in [0.1, 0.15) is 12.8 Å². The van der Waals surface area contributed by atoms with Gasteiger partial charge in [-0.25, -0.2) is 4.39 Å². The van der Waals surface area contributed by atoms with E-state index in [1.54, 1.807) is 17.0 Å². The number of carbonyl (C=O) groups is 2. The fraction of sp³-hybridized carbons (Fsp3) is 0.579. The molecule has 0 aromatic heterocycles. The second-order valence-electron chi connectivity index (χ2n) is 7.37. The lowest BCUT2D eigenvalue weighted by molar-refractivity contribution is -0.144. The molecule has 1 aliphatic heterocycles. The first-order valence-corrected chi connectivity index (χ1v) is 9.16. The molecule has 0 atom stereocenters. The van der Waals surface area contributed by atoms with Crippen molar-refractivity contribution in [3.63, 3.8) is 0 Å². The van der Waals surface area contributed by atoms with Crippen LogP contribution < -0.4 is 10.2 Å². The van der Waals surface area contributed by atoms with E-state index < -0.39 is 5.41 Å². The number of anilines is 1. The number of rotatable bonds is 6. The highest BCUT2D eigenvalue weighted by atomic mass is 19.1. The number of nitrogens with zero attached hydrogens (tertiary/aromatic N) is 3. The minimum atomic E-state index is -0.869. The van der Waals surface area contributed by atoms with E-state index in [9.17, 15) is 14.0 Å². The molecule has 2 amide bonds. The van der Waals surface area contributed by atoms with Gasteiger partial charge in [0.15, 0.2) is 0 Å². The molecule has 1 saturated heterocycles. The molecule has 1 N–H and O–H groups in total. The lowest BCUT2D eigenvalue weighted by atomic mass is 10.0. The summed E-state index contributed by atoms with van der Waals surface area (Å²) in [5.74, 6) is -0.472. The molecule has 0 radical (unpaired) electrons. The molecule has 1 saturated carbocycles. The second kappa shape index (κ2) is 7.61. The first-order valence-electron chi connectivity index (χ1n) is 9.16. The number of hydrogen-bond acceptors (Lipinski definition) is 4. The van der Waals surface area contributed by atoms with Crippen molar-refractivity contribution in [1.82, 2.24) is 15.1 Å². The number of piperazine rings is 1. The molecule has 1 heterocycles. The molecule has 6 nitrogen and oxygen atoms in total. The van der Waals surface area contributed by atoms with E-state index in [1.807, 2.05) is 30.0 Å². The maximum atomic E-state index is 13.9. The number of para-hydroxylation sites is 1. The maximum absolute atomic E-state index is 13.9. The summed E-state index contributed by atoms with van der Waals surface area (Å²) in [4.78, 5) is 31.1. The molecular weight excluding hydrogens is 335 g/mol. The van der Waals surface area contributed by atoms with E-state index in [0.717, 1.165) is 6.54 Å². The van der Waals surface area contributed by atoms with Gasteiger partial charge in [0.25, 0.3) is 0 Å². The molecule has 0 unspecified atom stereocenters. The molecule has 3 rings (SSSR count). The molecule has 26 heavy (non-hydrogen) atoms. The Balaban J connectivity index is 1.55. The van der Waals surface area contributed by atoms with Crippen molar-refractivity contribution in [2.24, 2.45) is 5.41 Å². The fourth-order valence-electron chi connectivity index (χ4n) is 3.39. The van der Waals surface area contributed by atoms with Crippen molar-refractivity contribution in [3.8, 4) is 0 Å². The van der Waals surface area contributed by atoms with Crippen molar-refractivity contribution in [2.75, 3.05) is 58.3 Å². The number of halogens is 1. The number of amides is 2. The number of carbonyl (C=O) groups excluding carboxylic acids is 2. The Morgan fingerprint density at radius 3 is 2.38 bits per heavy atom. The topological polar surface area (TPSA) is 55.9 Å². The van der Waals surface area contributed by atoms with Crippen molar-refractivity contribution in [2.45, 2.75) is 12.8 Å². The SMILES string of the molecule is CN(C)CCNC(=O)C1(C(=O)N2CCN(c3ccccc3F)CC2)CC1. The van der Waals surface area contributed by atoms with Crippen LogP contribution in [0, 0.1) is 11.2 Å². The summed E-state index contributed by atoms with van der Waals surface area (Å²) in [5.41, 5.74) is -0.297. The van der Waals surface area contributed by atoms with Gasteiger partial charge >= 0.3 is 0 Å². The van der Waals surface area contributed by atoms with Crippen molar-refractivity contribution >= 4 is 17.5 Å². The highest BCUT2D eigenvalue weighted by Gasteiger charge is 2.58. The van der Waals surface area contributed by atoms with Gasteiger partial charge in [0.2, 0.25) is 11.8 Å². The fourth-order valence-corrected chi connectivity index (χ4v) is 3.39. The van der Waals surface area contributed by atoms with Gasteiger partial charge in [0.1, 0.15) is 11.2 Å². The van der Waals surface area contributed by atoms with Gasteiger partial charge in [-0.2, -0.15) is 0 Å². The normalized spacial score (nSPS) is 18.8. The summed E-state index contributed by atoms with van der Waals surface area (Å²) in [5, 5.41) is 2.89. The van der Waals surface area contributed by atoms with Gasteiger partial charge in [0, 0.05) is 39.3 Å².